The van der Waals surface area contributed by atoms with E-state index in [1.807, 2.05) is 6.07 Å². The Labute approximate surface area is 132 Å². The molecule has 22 heavy (non-hydrogen) atoms. The minimum Gasteiger partial charge on any atom is -0.507 e. The summed E-state index contributed by atoms with van der Waals surface area (Å²) in [4.78, 5) is 2.43. The highest BCUT2D eigenvalue weighted by Crippen LogP contribution is 2.41. The van der Waals surface area contributed by atoms with Gasteiger partial charge in [0.05, 0.1) is 5.69 Å². The highest BCUT2D eigenvalue weighted by atomic mass is 16.5. The van der Waals surface area contributed by atoms with Crippen molar-refractivity contribution in [2.75, 3.05) is 31.6 Å². The van der Waals surface area contributed by atoms with Gasteiger partial charge < -0.3 is 15.2 Å². The van der Waals surface area contributed by atoms with Crippen molar-refractivity contribution in [3.8, 4) is 11.5 Å². The number of aromatic hydroxyl groups is 1. The normalized spacial score (nSPS) is 18.4. The lowest BCUT2D eigenvalue weighted by Crippen LogP contribution is -2.29. The van der Waals surface area contributed by atoms with Gasteiger partial charge in [-0.1, -0.05) is 19.1 Å². The molecule has 0 aromatic heterocycles. The summed E-state index contributed by atoms with van der Waals surface area (Å²) in [6.07, 6.45) is 7.55. The zero-order valence-corrected chi connectivity index (χ0v) is 13.2. The Bertz CT molecular complexity index is 536. The van der Waals surface area contributed by atoms with Crippen LogP contribution < -0.4 is 10.1 Å². The fraction of sp³-hybridized carbons (Fsp3) is 0.556. The van der Waals surface area contributed by atoms with Crippen LogP contribution in [0.1, 0.15) is 36.8 Å². The van der Waals surface area contributed by atoms with Gasteiger partial charge in [-0.15, -0.1) is 0 Å². The molecule has 2 N–H and O–H groups in total. The zero-order chi connectivity index (χ0) is 15.4. The van der Waals surface area contributed by atoms with Gasteiger partial charge in [0.15, 0.2) is 0 Å². The average Bonchev–Trinajstić information content (AvgIpc) is 2.57. The van der Waals surface area contributed by atoms with Crippen molar-refractivity contribution in [1.82, 2.24) is 4.90 Å². The summed E-state index contributed by atoms with van der Waals surface area (Å²) in [7, 11) is 0. The number of hydrogen-bond acceptors (Lipinski definition) is 4. The number of hydrogen-bond donors (Lipinski definition) is 2. The number of benzene rings is 1. The summed E-state index contributed by atoms with van der Waals surface area (Å²) in [5.74, 6) is 1.30. The van der Waals surface area contributed by atoms with Gasteiger partial charge in [-0.05, 0) is 44.8 Å². The molecule has 0 aliphatic carbocycles. The Kier molecular flexibility index (Phi) is 4.88. The van der Waals surface area contributed by atoms with Gasteiger partial charge in [-0.3, -0.25) is 4.90 Å². The van der Waals surface area contributed by atoms with Crippen LogP contribution in [-0.2, 0) is 13.0 Å². The van der Waals surface area contributed by atoms with E-state index in [2.05, 4.69) is 16.8 Å². The Morgan fingerprint density at radius 3 is 2.86 bits per heavy atom. The van der Waals surface area contributed by atoms with Crippen molar-refractivity contribution < 1.29 is 9.84 Å². The number of ether oxygens (including phenoxy) is 1. The first-order valence-corrected chi connectivity index (χ1v) is 8.37. The van der Waals surface area contributed by atoms with Crippen LogP contribution in [-0.4, -0.2) is 36.2 Å². The summed E-state index contributed by atoms with van der Waals surface area (Å²) in [6.45, 7) is 8.19. The van der Waals surface area contributed by atoms with Crippen molar-refractivity contribution in [3.63, 3.8) is 0 Å². The molecule has 0 unspecified atom stereocenters. The van der Waals surface area contributed by atoms with E-state index in [9.17, 15) is 5.11 Å². The average molecular weight is 302 g/mol. The number of piperidine rings is 1. The maximum Gasteiger partial charge on any atom is 0.143 e. The Morgan fingerprint density at radius 2 is 2.09 bits per heavy atom. The topological polar surface area (TPSA) is 44.7 Å². The number of nitrogens with one attached hydrogen (secondary N) is 1. The standard InChI is InChI=1S/C18H26N2O2/c1-2-11-22-16-12-14(13-20-9-4-3-5-10-20)18(21)15-7-6-8-19-17(15)16/h2,12,19,21H,1,3-11,13H2. The molecule has 4 nitrogen and oxygen atoms in total. The van der Waals surface area contributed by atoms with Crippen molar-refractivity contribution in [2.45, 2.75) is 38.6 Å². The van der Waals surface area contributed by atoms with Gasteiger partial charge in [0, 0.05) is 24.2 Å². The number of likely N-dealkylation sites (tertiary alicyclic amines) is 1. The van der Waals surface area contributed by atoms with Crippen molar-refractivity contribution >= 4 is 5.69 Å². The lowest BCUT2D eigenvalue weighted by molar-refractivity contribution is 0.218. The van der Waals surface area contributed by atoms with Gasteiger partial charge in [0.25, 0.3) is 0 Å². The van der Waals surface area contributed by atoms with Gasteiger partial charge in [0.1, 0.15) is 18.1 Å². The van der Waals surface area contributed by atoms with E-state index in [1.54, 1.807) is 6.08 Å². The van der Waals surface area contributed by atoms with Gasteiger partial charge >= 0.3 is 0 Å². The van der Waals surface area contributed by atoms with Crippen molar-refractivity contribution in [2.24, 2.45) is 0 Å². The molecule has 120 valence electrons. The summed E-state index contributed by atoms with van der Waals surface area (Å²) >= 11 is 0. The van der Waals surface area contributed by atoms with E-state index < -0.39 is 0 Å². The SMILES string of the molecule is C=CCOc1cc(CN2CCCCC2)c(O)c2c1NCCC2. The van der Waals surface area contributed by atoms with E-state index in [0.717, 1.165) is 61.6 Å². The quantitative estimate of drug-likeness (QED) is 0.819. The molecule has 0 radical (unpaired) electrons. The van der Waals surface area contributed by atoms with Crippen molar-refractivity contribution in [3.05, 3.63) is 29.8 Å². The minimum absolute atomic E-state index is 0.457. The van der Waals surface area contributed by atoms with Crippen molar-refractivity contribution in [1.29, 1.82) is 0 Å². The van der Waals surface area contributed by atoms with E-state index in [0.29, 0.717) is 12.4 Å². The van der Waals surface area contributed by atoms with Crippen LogP contribution in [0.25, 0.3) is 0 Å². The molecule has 0 bridgehead atoms. The van der Waals surface area contributed by atoms with Crippen LogP contribution in [0.3, 0.4) is 0 Å². The van der Waals surface area contributed by atoms with Crippen LogP contribution in [0.4, 0.5) is 5.69 Å². The summed E-state index contributed by atoms with van der Waals surface area (Å²) in [5.41, 5.74) is 2.97. The molecule has 1 fully saturated rings. The molecule has 0 atom stereocenters. The number of phenolic OH excluding ortho intramolecular Hbond substituents is 1. The maximum absolute atomic E-state index is 10.7. The van der Waals surface area contributed by atoms with E-state index in [-0.39, 0.29) is 0 Å². The third-order valence-corrected chi connectivity index (χ3v) is 4.55. The van der Waals surface area contributed by atoms with E-state index >= 15 is 0 Å². The first kappa shape index (κ1) is 15.2. The fourth-order valence-corrected chi connectivity index (χ4v) is 3.42. The lowest BCUT2D eigenvalue weighted by atomic mass is 9.97. The maximum atomic E-state index is 10.7. The highest BCUT2D eigenvalue weighted by molar-refractivity contribution is 5.69. The Balaban J connectivity index is 1.89. The smallest absolute Gasteiger partial charge is 0.143 e. The molecule has 1 saturated heterocycles. The fourth-order valence-electron chi connectivity index (χ4n) is 3.42. The van der Waals surface area contributed by atoms with E-state index in [1.165, 1.54) is 19.3 Å². The molecule has 1 aromatic rings. The number of phenols is 1. The van der Waals surface area contributed by atoms with Crippen LogP contribution in [0.5, 0.6) is 11.5 Å². The summed E-state index contributed by atoms with van der Waals surface area (Å²) < 4.78 is 5.83. The Morgan fingerprint density at radius 1 is 1.27 bits per heavy atom. The summed E-state index contributed by atoms with van der Waals surface area (Å²) in [6, 6.07) is 2.00. The second kappa shape index (κ2) is 7.05. The molecular weight excluding hydrogens is 276 g/mol. The molecule has 0 saturated carbocycles. The molecule has 0 amide bonds. The van der Waals surface area contributed by atoms with Crippen LogP contribution in [0.2, 0.25) is 0 Å². The first-order valence-electron chi connectivity index (χ1n) is 8.37. The number of fused-ring (bicyclic) bond motifs is 1. The molecule has 0 spiro atoms. The predicted octanol–water partition coefficient (Wildman–Crippen LogP) is 3.30. The number of rotatable bonds is 5. The molecule has 4 heteroatoms. The first-order chi connectivity index (χ1) is 10.8. The Hall–Kier alpha value is -1.68. The van der Waals surface area contributed by atoms with Crippen LogP contribution in [0.15, 0.2) is 18.7 Å². The number of nitrogens with zero attached hydrogens (tertiary/aromatic N) is 1. The van der Waals surface area contributed by atoms with Gasteiger partial charge in [-0.2, -0.15) is 0 Å². The van der Waals surface area contributed by atoms with E-state index in [4.69, 9.17) is 4.74 Å². The minimum atomic E-state index is 0.457. The molecular formula is C18H26N2O2. The third kappa shape index (κ3) is 3.22. The van der Waals surface area contributed by atoms with Crippen LogP contribution >= 0.6 is 0 Å². The van der Waals surface area contributed by atoms with Gasteiger partial charge in [0.2, 0.25) is 0 Å². The molecule has 1 aromatic carbocycles. The number of anilines is 1. The second-order valence-corrected chi connectivity index (χ2v) is 6.20. The molecule has 2 aliphatic rings. The van der Waals surface area contributed by atoms with Gasteiger partial charge in [-0.25, -0.2) is 0 Å². The molecule has 2 aliphatic heterocycles. The zero-order valence-electron chi connectivity index (χ0n) is 13.2. The summed E-state index contributed by atoms with van der Waals surface area (Å²) in [5, 5.41) is 14.1. The largest absolute Gasteiger partial charge is 0.507 e. The molecule has 3 rings (SSSR count). The third-order valence-electron chi connectivity index (χ3n) is 4.55. The highest BCUT2D eigenvalue weighted by Gasteiger charge is 2.22. The monoisotopic (exact) mass is 302 g/mol. The second-order valence-electron chi connectivity index (χ2n) is 6.20. The molecule has 2 heterocycles. The predicted molar refractivity (Wildman–Crippen MR) is 89.7 cm³/mol. The lowest BCUT2D eigenvalue weighted by Gasteiger charge is -2.29. The van der Waals surface area contributed by atoms with Crippen LogP contribution in [0, 0.1) is 0 Å².